The van der Waals surface area contributed by atoms with Gasteiger partial charge in [0, 0.05) is 11.6 Å². The van der Waals surface area contributed by atoms with E-state index < -0.39 is 0 Å². The van der Waals surface area contributed by atoms with Crippen LogP contribution in [0.1, 0.15) is 25.3 Å². The highest BCUT2D eigenvalue weighted by molar-refractivity contribution is 9.10. The summed E-state index contributed by atoms with van der Waals surface area (Å²) in [6, 6.07) is 8.04. The van der Waals surface area contributed by atoms with Crippen LogP contribution >= 0.6 is 15.9 Å². The molecule has 0 fully saturated rings. The topological polar surface area (TPSA) is 36.9 Å². The van der Waals surface area contributed by atoms with Crippen molar-refractivity contribution in [2.24, 2.45) is 0 Å². The summed E-state index contributed by atoms with van der Waals surface area (Å²) in [5.41, 5.74) is 1.14. The lowest BCUT2D eigenvalue weighted by Crippen LogP contribution is -2.18. The van der Waals surface area contributed by atoms with Crippen LogP contribution in [-0.2, 0) is 25.6 Å². The van der Waals surface area contributed by atoms with Crippen LogP contribution in [0.15, 0.2) is 28.7 Å². The zero-order valence-electron chi connectivity index (χ0n) is 12.8. The van der Waals surface area contributed by atoms with Gasteiger partial charge in [0.15, 0.2) is 6.29 Å². The zero-order valence-corrected chi connectivity index (χ0v) is 14.4. The molecule has 4 nitrogen and oxygen atoms in total. The van der Waals surface area contributed by atoms with Crippen LogP contribution in [0.25, 0.3) is 0 Å². The molecule has 0 aliphatic rings. The molecule has 0 aliphatic carbocycles. The minimum absolute atomic E-state index is 0.120. The van der Waals surface area contributed by atoms with Gasteiger partial charge in [0.25, 0.3) is 0 Å². The van der Waals surface area contributed by atoms with Gasteiger partial charge in [-0.1, -0.05) is 47.5 Å². The Balaban J connectivity index is 1.96. The van der Waals surface area contributed by atoms with E-state index in [1.54, 1.807) is 7.11 Å². The van der Waals surface area contributed by atoms with Crippen molar-refractivity contribution in [3.05, 3.63) is 34.3 Å². The summed E-state index contributed by atoms with van der Waals surface area (Å²) in [4.78, 5) is 0. The fourth-order valence-electron chi connectivity index (χ4n) is 1.76. The van der Waals surface area contributed by atoms with E-state index >= 15 is 0 Å². The predicted molar refractivity (Wildman–Crippen MR) is 86.3 cm³/mol. The second-order valence-electron chi connectivity index (χ2n) is 4.58. The summed E-state index contributed by atoms with van der Waals surface area (Å²) in [7, 11) is 1.66. The van der Waals surface area contributed by atoms with E-state index in [4.69, 9.17) is 18.9 Å². The highest BCUT2D eigenvalue weighted by Crippen LogP contribution is 2.16. The molecule has 0 radical (unpaired) electrons. The van der Waals surface area contributed by atoms with Gasteiger partial charge in [-0.15, -0.1) is 0 Å². The van der Waals surface area contributed by atoms with Gasteiger partial charge in [0.1, 0.15) is 0 Å². The molecule has 1 unspecified atom stereocenters. The summed E-state index contributed by atoms with van der Waals surface area (Å²) in [5.74, 6) is 0. The lowest BCUT2D eigenvalue weighted by Gasteiger charge is -2.15. The molecular formula is C16H25BrO4. The van der Waals surface area contributed by atoms with Crippen molar-refractivity contribution in [2.75, 3.05) is 33.5 Å². The van der Waals surface area contributed by atoms with Gasteiger partial charge in [-0.25, -0.2) is 0 Å². The number of ether oxygens (including phenoxy) is 4. The maximum atomic E-state index is 5.57. The average molecular weight is 361 g/mol. The second-order valence-corrected chi connectivity index (χ2v) is 5.44. The van der Waals surface area contributed by atoms with Gasteiger partial charge >= 0.3 is 0 Å². The van der Waals surface area contributed by atoms with Crippen LogP contribution in [0, 0.1) is 0 Å². The number of benzene rings is 1. The standard InChI is InChI=1S/C16H25BrO4/c1-3-6-16(18-2)21-12-11-19-9-10-20-13-14-7-4-5-8-15(14)17/h4-5,7-8,16H,3,6,9-13H2,1-2H3. The van der Waals surface area contributed by atoms with E-state index in [2.05, 4.69) is 22.9 Å². The molecule has 0 spiro atoms. The molecular weight excluding hydrogens is 336 g/mol. The molecule has 0 aromatic heterocycles. The minimum atomic E-state index is -0.120. The molecule has 1 rings (SSSR count). The smallest absolute Gasteiger partial charge is 0.157 e. The highest BCUT2D eigenvalue weighted by Gasteiger charge is 2.04. The molecule has 1 aromatic carbocycles. The molecule has 0 saturated carbocycles. The second kappa shape index (κ2) is 12.1. The van der Waals surface area contributed by atoms with Gasteiger partial charge in [0.05, 0.1) is 33.0 Å². The number of rotatable bonds is 12. The van der Waals surface area contributed by atoms with Gasteiger partial charge in [-0.2, -0.15) is 0 Å². The normalized spacial score (nSPS) is 12.5. The molecule has 0 bridgehead atoms. The third-order valence-electron chi connectivity index (χ3n) is 2.91. The van der Waals surface area contributed by atoms with Crippen LogP contribution in [-0.4, -0.2) is 39.8 Å². The van der Waals surface area contributed by atoms with E-state index in [0.717, 1.165) is 22.9 Å². The van der Waals surface area contributed by atoms with Gasteiger partial charge in [-0.05, 0) is 18.1 Å². The predicted octanol–water partition coefficient (Wildman–Crippen LogP) is 3.77. The molecule has 120 valence electrons. The molecule has 0 amide bonds. The highest BCUT2D eigenvalue weighted by atomic mass is 79.9. The largest absolute Gasteiger partial charge is 0.377 e. The number of hydrogen-bond donors (Lipinski definition) is 0. The van der Waals surface area contributed by atoms with E-state index in [0.29, 0.717) is 33.0 Å². The molecule has 0 aliphatic heterocycles. The molecule has 1 aromatic rings. The fraction of sp³-hybridized carbons (Fsp3) is 0.625. The Labute approximate surface area is 135 Å². The Hall–Kier alpha value is -0.460. The first-order chi connectivity index (χ1) is 10.3. The van der Waals surface area contributed by atoms with Crippen molar-refractivity contribution in [1.29, 1.82) is 0 Å². The van der Waals surface area contributed by atoms with Gasteiger partial charge in [-0.3, -0.25) is 0 Å². The van der Waals surface area contributed by atoms with Crippen LogP contribution in [0.4, 0.5) is 0 Å². The Morgan fingerprint density at radius 3 is 2.48 bits per heavy atom. The van der Waals surface area contributed by atoms with E-state index in [1.807, 2.05) is 24.3 Å². The quantitative estimate of drug-likeness (QED) is 0.420. The van der Waals surface area contributed by atoms with Gasteiger partial charge < -0.3 is 18.9 Å². The van der Waals surface area contributed by atoms with Crippen molar-refractivity contribution in [2.45, 2.75) is 32.7 Å². The molecule has 0 saturated heterocycles. The molecule has 21 heavy (non-hydrogen) atoms. The SMILES string of the molecule is CCCC(OC)OCCOCCOCc1ccccc1Br. The van der Waals surface area contributed by atoms with Crippen molar-refractivity contribution in [1.82, 2.24) is 0 Å². The third-order valence-corrected chi connectivity index (χ3v) is 3.68. The molecule has 5 heteroatoms. The summed E-state index contributed by atoms with van der Waals surface area (Å²) in [6.45, 7) is 4.94. The maximum absolute atomic E-state index is 5.57. The van der Waals surface area contributed by atoms with Gasteiger partial charge in [0.2, 0.25) is 0 Å². The Morgan fingerprint density at radius 2 is 1.76 bits per heavy atom. The first-order valence-electron chi connectivity index (χ1n) is 7.31. The Bertz CT molecular complexity index is 373. The van der Waals surface area contributed by atoms with Crippen molar-refractivity contribution >= 4 is 15.9 Å². The number of hydrogen-bond acceptors (Lipinski definition) is 4. The molecule has 1 atom stereocenters. The Morgan fingerprint density at radius 1 is 1.05 bits per heavy atom. The van der Waals surface area contributed by atoms with Crippen LogP contribution < -0.4 is 0 Å². The summed E-state index contributed by atoms with van der Waals surface area (Å²) in [6.07, 6.45) is 1.83. The molecule has 0 N–H and O–H groups in total. The Kier molecular flexibility index (Phi) is 10.7. The maximum Gasteiger partial charge on any atom is 0.157 e. The first kappa shape index (κ1) is 18.6. The summed E-state index contributed by atoms with van der Waals surface area (Å²) < 4.78 is 22.8. The lowest BCUT2D eigenvalue weighted by atomic mass is 10.2. The van der Waals surface area contributed by atoms with E-state index in [1.165, 1.54) is 0 Å². The monoisotopic (exact) mass is 360 g/mol. The van der Waals surface area contributed by atoms with Crippen molar-refractivity contribution in [3.8, 4) is 0 Å². The van der Waals surface area contributed by atoms with Crippen molar-refractivity contribution < 1.29 is 18.9 Å². The average Bonchev–Trinajstić information content (AvgIpc) is 2.50. The summed E-state index contributed by atoms with van der Waals surface area (Å²) in [5, 5.41) is 0. The lowest BCUT2D eigenvalue weighted by molar-refractivity contribution is -0.138. The van der Waals surface area contributed by atoms with Crippen LogP contribution in [0.5, 0.6) is 0 Å². The molecule has 0 heterocycles. The van der Waals surface area contributed by atoms with Crippen molar-refractivity contribution in [3.63, 3.8) is 0 Å². The number of halogens is 1. The first-order valence-corrected chi connectivity index (χ1v) is 8.10. The third kappa shape index (κ3) is 8.53. The summed E-state index contributed by atoms with van der Waals surface area (Å²) >= 11 is 3.49. The van der Waals surface area contributed by atoms with E-state index in [9.17, 15) is 0 Å². The fourth-order valence-corrected chi connectivity index (χ4v) is 2.16. The zero-order chi connectivity index (χ0) is 15.3. The minimum Gasteiger partial charge on any atom is -0.377 e. The number of methoxy groups -OCH3 is 1. The van der Waals surface area contributed by atoms with Crippen LogP contribution in [0.3, 0.4) is 0 Å². The van der Waals surface area contributed by atoms with Crippen LogP contribution in [0.2, 0.25) is 0 Å². The van der Waals surface area contributed by atoms with E-state index in [-0.39, 0.29) is 6.29 Å².